The summed E-state index contributed by atoms with van der Waals surface area (Å²) in [5, 5.41) is 35.6. The summed E-state index contributed by atoms with van der Waals surface area (Å²) in [4.78, 5) is 24.1. The van der Waals surface area contributed by atoms with Crippen LogP contribution in [-0.2, 0) is 28.2 Å². The van der Waals surface area contributed by atoms with Crippen molar-refractivity contribution in [3.05, 3.63) is 24.3 Å². The third-order valence-corrected chi connectivity index (χ3v) is 6.77. The number of esters is 1. The average molecular weight is 520 g/mol. The lowest BCUT2D eigenvalue weighted by Crippen LogP contribution is -2.64. The summed E-state index contributed by atoms with van der Waals surface area (Å²) in [6.07, 6.45) is -6.27. The average Bonchev–Trinajstić information content (AvgIpc) is 2.81. The van der Waals surface area contributed by atoms with E-state index in [1.54, 1.807) is 13.8 Å². The zero-order chi connectivity index (χ0) is 26.3. The highest BCUT2D eigenvalue weighted by molar-refractivity contribution is 7.52. The number of aliphatic hydroxyl groups excluding tert-OH is 3. The van der Waals surface area contributed by atoms with E-state index in [1.807, 2.05) is 0 Å². The Balaban J connectivity index is 2.48. The van der Waals surface area contributed by atoms with Gasteiger partial charge in [-0.25, -0.2) is 4.57 Å². The van der Waals surface area contributed by atoms with Gasteiger partial charge in [0.25, 0.3) is 0 Å². The molecule has 1 aliphatic heterocycles. The number of carbonyl (C=O) groups is 2. The Kier molecular flexibility index (Phi) is 10.5. The van der Waals surface area contributed by atoms with Crippen LogP contribution in [0.2, 0.25) is 0 Å². The molecule has 0 aromatic heterocycles. The van der Waals surface area contributed by atoms with Gasteiger partial charge in [-0.2, -0.15) is 5.09 Å². The molecule has 1 aromatic rings. The van der Waals surface area contributed by atoms with Crippen molar-refractivity contribution in [3.63, 3.8) is 0 Å². The number of amides is 1. The quantitative estimate of drug-likeness (QED) is 0.194. The Morgan fingerprint density at radius 1 is 1.14 bits per heavy atom. The van der Waals surface area contributed by atoms with Gasteiger partial charge in [-0.05, 0) is 30.2 Å². The fourth-order valence-electron chi connectivity index (χ4n) is 3.38. The Morgan fingerprint density at radius 2 is 1.74 bits per heavy atom. The first-order valence-electron chi connectivity index (χ1n) is 10.8. The van der Waals surface area contributed by atoms with Crippen LogP contribution in [0.4, 0.5) is 0 Å². The van der Waals surface area contributed by atoms with E-state index in [1.165, 1.54) is 31.4 Å². The van der Waals surface area contributed by atoms with E-state index in [4.69, 9.17) is 23.3 Å². The van der Waals surface area contributed by atoms with Crippen LogP contribution in [0.3, 0.4) is 0 Å². The molecular weight excluding hydrogens is 487 g/mol. The van der Waals surface area contributed by atoms with Gasteiger partial charge in [0.1, 0.15) is 41.9 Å². The third-order valence-electron chi connectivity index (χ3n) is 5.21. The van der Waals surface area contributed by atoms with Crippen molar-refractivity contribution < 1.29 is 52.7 Å². The minimum atomic E-state index is -4.54. The largest absolute Gasteiger partial charge is 0.497 e. The van der Waals surface area contributed by atoms with Crippen molar-refractivity contribution in [1.82, 2.24) is 10.4 Å². The molecule has 2 rings (SSSR count). The number of aliphatic hydroxyl groups is 3. The Labute approximate surface area is 203 Å². The van der Waals surface area contributed by atoms with Crippen molar-refractivity contribution in [3.8, 4) is 11.5 Å². The molecule has 7 atom stereocenters. The maximum atomic E-state index is 14.0. The van der Waals surface area contributed by atoms with E-state index in [0.717, 1.165) is 14.0 Å². The van der Waals surface area contributed by atoms with Crippen LogP contribution in [0.25, 0.3) is 0 Å². The predicted molar refractivity (Wildman–Crippen MR) is 121 cm³/mol. The summed E-state index contributed by atoms with van der Waals surface area (Å²) >= 11 is 0. The molecule has 0 spiro atoms. The zero-order valence-electron chi connectivity index (χ0n) is 20.1. The van der Waals surface area contributed by atoms with Crippen molar-refractivity contribution >= 4 is 19.6 Å². The molecule has 1 heterocycles. The summed E-state index contributed by atoms with van der Waals surface area (Å²) in [5.41, 5.74) is 0. The minimum absolute atomic E-state index is 0.0610. The Bertz CT molecular complexity index is 898. The fraction of sp³-hybridized carbons (Fsp3) is 0.619. The summed E-state index contributed by atoms with van der Waals surface area (Å²) in [6, 6.07) is 3.41. The second kappa shape index (κ2) is 12.6. The van der Waals surface area contributed by atoms with Gasteiger partial charge in [-0.3, -0.25) is 14.1 Å². The van der Waals surface area contributed by atoms with Crippen molar-refractivity contribution in [2.75, 3.05) is 20.8 Å². The summed E-state index contributed by atoms with van der Waals surface area (Å²) in [5.74, 6) is -1.22. The Morgan fingerprint density at radius 3 is 2.23 bits per heavy atom. The molecule has 1 aromatic carbocycles. The minimum Gasteiger partial charge on any atom is -0.497 e. The molecule has 35 heavy (non-hydrogen) atoms. The number of hydrogen-bond donors (Lipinski definition) is 5. The van der Waals surface area contributed by atoms with E-state index in [9.17, 15) is 29.5 Å². The van der Waals surface area contributed by atoms with Gasteiger partial charge in [-0.15, -0.1) is 0 Å². The second-order valence-electron chi connectivity index (χ2n) is 8.17. The molecule has 14 heteroatoms. The molecule has 5 N–H and O–H groups in total. The molecule has 1 fully saturated rings. The number of carbonyl (C=O) groups excluding carboxylic acids is 2. The number of benzene rings is 1. The first-order chi connectivity index (χ1) is 16.4. The van der Waals surface area contributed by atoms with Gasteiger partial charge < -0.3 is 39.4 Å². The van der Waals surface area contributed by atoms with Gasteiger partial charge in [0, 0.05) is 6.92 Å². The molecule has 0 saturated carbocycles. The fourth-order valence-corrected chi connectivity index (χ4v) is 5.26. The first kappa shape index (κ1) is 29.0. The van der Waals surface area contributed by atoms with Crippen molar-refractivity contribution in [2.45, 2.75) is 57.5 Å². The highest BCUT2D eigenvalue weighted by Crippen LogP contribution is 2.48. The lowest BCUT2D eigenvalue weighted by molar-refractivity contribution is -0.250. The number of nitrogens with one attached hydrogen (secondary N) is 2. The van der Waals surface area contributed by atoms with E-state index < -0.39 is 68.8 Å². The summed E-state index contributed by atoms with van der Waals surface area (Å²) in [7, 11) is -1.92. The third kappa shape index (κ3) is 7.61. The molecule has 0 bridgehead atoms. The van der Waals surface area contributed by atoms with Crippen LogP contribution in [0, 0.1) is 5.92 Å². The topological polar surface area (TPSA) is 182 Å². The summed E-state index contributed by atoms with van der Waals surface area (Å²) < 4.78 is 40.4. The smallest absolute Gasteiger partial charge is 0.459 e. The van der Waals surface area contributed by atoms with Crippen LogP contribution in [-0.4, -0.2) is 84.7 Å². The molecule has 1 unspecified atom stereocenters. The molecule has 1 aliphatic rings. The summed E-state index contributed by atoms with van der Waals surface area (Å²) in [6.45, 7) is 3.79. The maximum Gasteiger partial charge on any atom is 0.459 e. The van der Waals surface area contributed by atoms with E-state index >= 15 is 0 Å². The molecular formula is C21H33N2O11P. The lowest BCUT2D eigenvalue weighted by Gasteiger charge is -2.43. The predicted octanol–water partition coefficient (Wildman–Crippen LogP) is -0.0704. The monoisotopic (exact) mass is 520 g/mol. The van der Waals surface area contributed by atoms with Gasteiger partial charge >= 0.3 is 13.7 Å². The number of ether oxygens (including phenoxy) is 3. The normalized spacial score (nSPS) is 26.9. The number of rotatable bonds is 11. The van der Waals surface area contributed by atoms with Crippen molar-refractivity contribution in [1.29, 1.82) is 0 Å². The van der Waals surface area contributed by atoms with Crippen LogP contribution in [0.1, 0.15) is 20.8 Å². The van der Waals surface area contributed by atoms with Gasteiger partial charge in [0.05, 0.1) is 20.8 Å². The molecule has 13 nitrogen and oxygen atoms in total. The SMILES string of the molecule is COC(=O)[C@@H](NP(=O)(Oc1ccc(OC)cc1)O[C@H]1[C@H](O)[C@@H](CO)O[C@H](O)[C@@H]1NC(C)=O)C(C)C. The second-order valence-corrected chi connectivity index (χ2v) is 9.82. The Hall–Kier alpha value is -2.25. The number of methoxy groups -OCH3 is 2. The molecule has 1 amide bonds. The molecule has 0 radical (unpaired) electrons. The molecule has 1 saturated heterocycles. The van der Waals surface area contributed by atoms with E-state index in [0.29, 0.717) is 5.75 Å². The molecule has 198 valence electrons. The maximum absolute atomic E-state index is 14.0. The standard InChI is InChI=1S/C21H33N2O11P/c1-11(2)16(20(27)31-5)23-35(29,33-14-8-6-13(30-4)7-9-14)34-19-17(22-12(3)25)21(28)32-15(10-24)18(19)26/h6-9,11,15-19,21,24,26,28H,10H2,1-5H3,(H,22,25)(H,23,29)/t15-,16+,17-,18-,19-,21+,35?/m1/s1. The zero-order valence-corrected chi connectivity index (χ0v) is 21.0. The van der Waals surface area contributed by atoms with E-state index in [-0.39, 0.29) is 5.75 Å². The van der Waals surface area contributed by atoms with Crippen LogP contribution in [0.15, 0.2) is 24.3 Å². The van der Waals surface area contributed by atoms with Gasteiger partial charge in [0.2, 0.25) is 5.91 Å². The highest BCUT2D eigenvalue weighted by Gasteiger charge is 2.50. The van der Waals surface area contributed by atoms with Crippen molar-refractivity contribution in [2.24, 2.45) is 5.92 Å². The van der Waals surface area contributed by atoms with Crippen LogP contribution < -0.4 is 19.7 Å². The highest BCUT2D eigenvalue weighted by atomic mass is 31.2. The lowest BCUT2D eigenvalue weighted by atomic mass is 9.97. The van der Waals surface area contributed by atoms with Crippen LogP contribution >= 0.6 is 7.75 Å². The number of hydrogen-bond acceptors (Lipinski definition) is 11. The first-order valence-corrected chi connectivity index (χ1v) is 12.4. The van der Waals surface area contributed by atoms with E-state index in [2.05, 4.69) is 10.4 Å². The molecule has 0 aliphatic carbocycles. The van der Waals surface area contributed by atoms with Crippen LogP contribution in [0.5, 0.6) is 11.5 Å². The van der Waals surface area contributed by atoms with Gasteiger partial charge in [-0.1, -0.05) is 13.8 Å². The van der Waals surface area contributed by atoms with Gasteiger partial charge in [0.15, 0.2) is 6.29 Å².